The van der Waals surface area contributed by atoms with E-state index in [2.05, 4.69) is 4.74 Å². The number of methoxy groups -OCH3 is 1. The third-order valence-corrected chi connectivity index (χ3v) is 2.63. The molecule has 4 nitrogen and oxygen atoms in total. The molecule has 2 aromatic rings. The number of hydrogen-bond donors (Lipinski definition) is 0. The topological polar surface area (TPSA) is 44.8 Å². The van der Waals surface area contributed by atoms with Crippen LogP contribution in [0.1, 0.15) is 6.92 Å². The Hall–Kier alpha value is -2.49. The van der Waals surface area contributed by atoms with E-state index in [1.165, 1.54) is 7.11 Å². The fourth-order valence-corrected chi connectivity index (χ4v) is 1.65. The Balaban J connectivity index is 2.06. The summed E-state index contributed by atoms with van der Waals surface area (Å²) in [7, 11) is 1.33. The lowest BCUT2D eigenvalue weighted by atomic mass is 10.3. The van der Waals surface area contributed by atoms with E-state index >= 15 is 0 Å². The van der Waals surface area contributed by atoms with Gasteiger partial charge in [-0.15, -0.1) is 0 Å². The van der Waals surface area contributed by atoms with Crippen LogP contribution in [0, 0.1) is 0 Å². The maximum Gasteiger partial charge on any atom is 0.346 e. The van der Waals surface area contributed by atoms with Crippen molar-refractivity contribution in [2.24, 2.45) is 0 Å². The molecule has 0 saturated heterocycles. The first-order chi connectivity index (χ1) is 9.69. The van der Waals surface area contributed by atoms with Gasteiger partial charge < -0.3 is 14.2 Å². The van der Waals surface area contributed by atoms with Gasteiger partial charge in [0, 0.05) is 6.07 Å². The van der Waals surface area contributed by atoms with Gasteiger partial charge in [0.05, 0.1) is 7.11 Å². The SMILES string of the molecule is COC(=O)[C@H](C)Oc1cccc(Oc2ccccc2)c1. The van der Waals surface area contributed by atoms with Crippen LogP contribution in [0.3, 0.4) is 0 Å². The van der Waals surface area contributed by atoms with E-state index in [9.17, 15) is 4.79 Å². The molecule has 0 saturated carbocycles. The quantitative estimate of drug-likeness (QED) is 0.782. The van der Waals surface area contributed by atoms with Crippen LogP contribution in [-0.2, 0) is 9.53 Å². The Morgan fingerprint density at radius 2 is 1.60 bits per heavy atom. The van der Waals surface area contributed by atoms with E-state index in [0.29, 0.717) is 11.5 Å². The summed E-state index contributed by atoms with van der Waals surface area (Å²) in [6.45, 7) is 1.64. The lowest BCUT2D eigenvalue weighted by Crippen LogP contribution is -2.24. The van der Waals surface area contributed by atoms with Crippen molar-refractivity contribution in [3.05, 3.63) is 54.6 Å². The number of benzene rings is 2. The van der Waals surface area contributed by atoms with Crippen molar-refractivity contribution in [3.8, 4) is 17.2 Å². The van der Waals surface area contributed by atoms with Crippen LogP contribution in [0.4, 0.5) is 0 Å². The molecule has 0 aliphatic rings. The summed E-state index contributed by atoms with van der Waals surface area (Å²) >= 11 is 0. The van der Waals surface area contributed by atoms with E-state index < -0.39 is 12.1 Å². The molecule has 0 amide bonds. The molecule has 4 heteroatoms. The Kier molecular flexibility index (Phi) is 4.60. The second-order valence-electron chi connectivity index (χ2n) is 4.17. The average molecular weight is 272 g/mol. The van der Waals surface area contributed by atoms with Crippen LogP contribution in [0.15, 0.2) is 54.6 Å². The Labute approximate surface area is 117 Å². The van der Waals surface area contributed by atoms with Crippen LogP contribution >= 0.6 is 0 Å². The van der Waals surface area contributed by atoms with E-state index in [1.54, 1.807) is 25.1 Å². The van der Waals surface area contributed by atoms with Crippen LogP contribution in [0.2, 0.25) is 0 Å². The number of esters is 1. The summed E-state index contributed by atoms with van der Waals surface area (Å²) in [6.07, 6.45) is -0.660. The van der Waals surface area contributed by atoms with E-state index in [0.717, 1.165) is 5.75 Å². The highest BCUT2D eigenvalue weighted by atomic mass is 16.6. The minimum Gasteiger partial charge on any atom is -0.479 e. The maximum atomic E-state index is 11.3. The molecule has 0 spiro atoms. The summed E-state index contributed by atoms with van der Waals surface area (Å²) < 4.78 is 15.8. The first kappa shape index (κ1) is 13.9. The minimum atomic E-state index is -0.660. The highest BCUT2D eigenvalue weighted by molar-refractivity contribution is 5.74. The maximum absolute atomic E-state index is 11.3. The molecule has 0 aromatic heterocycles. The van der Waals surface area contributed by atoms with Gasteiger partial charge in [0.1, 0.15) is 17.2 Å². The number of para-hydroxylation sites is 1. The molecule has 104 valence electrons. The van der Waals surface area contributed by atoms with Crippen molar-refractivity contribution in [2.45, 2.75) is 13.0 Å². The smallest absolute Gasteiger partial charge is 0.346 e. The summed E-state index contributed by atoms with van der Waals surface area (Å²) in [5.41, 5.74) is 0. The van der Waals surface area contributed by atoms with Gasteiger partial charge in [-0.05, 0) is 31.2 Å². The number of rotatable bonds is 5. The van der Waals surface area contributed by atoms with Crippen LogP contribution < -0.4 is 9.47 Å². The molecule has 2 rings (SSSR count). The molecule has 20 heavy (non-hydrogen) atoms. The van der Waals surface area contributed by atoms with Gasteiger partial charge >= 0.3 is 5.97 Å². The molecular formula is C16H16O4. The molecule has 0 aliphatic carbocycles. The lowest BCUT2D eigenvalue weighted by molar-refractivity contribution is -0.147. The summed E-state index contributed by atoms with van der Waals surface area (Å²) in [5, 5.41) is 0. The molecule has 0 heterocycles. The summed E-state index contributed by atoms with van der Waals surface area (Å²) in [6, 6.07) is 16.6. The van der Waals surface area contributed by atoms with Gasteiger partial charge in [-0.25, -0.2) is 4.79 Å². The van der Waals surface area contributed by atoms with Crippen molar-refractivity contribution >= 4 is 5.97 Å². The van der Waals surface area contributed by atoms with E-state index in [1.807, 2.05) is 36.4 Å². The summed E-state index contributed by atoms with van der Waals surface area (Å²) in [4.78, 5) is 11.3. The molecular weight excluding hydrogens is 256 g/mol. The third-order valence-electron chi connectivity index (χ3n) is 2.63. The van der Waals surface area contributed by atoms with Crippen molar-refractivity contribution in [1.82, 2.24) is 0 Å². The normalized spacial score (nSPS) is 11.5. The van der Waals surface area contributed by atoms with Gasteiger partial charge in [0.15, 0.2) is 6.10 Å². The third kappa shape index (κ3) is 3.75. The molecule has 0 aliphatic heterocycles. The molecule has 0 unspecified atom stereocenters. The number of carbonyl (C=O) groups is 1. The molecule has 1 atom stereocenters. The Morgan fingerprint density at radius 1 is 0.950 bits per heavy atom. The van der Waals surface area contributed by atoms with Gasteiger partial charge in [-0.2, -0.15) is 0 Å². The standard InChI is InChI=1S/C16H16O4/c1-12(16(17)18-2)19-14-9-6-10-15(11-14)20-13-7-4-3-5-8-13/h3-12H,1-2H3/t12-/m0/s1. The van der Waals surface area contributed by atoms with Crippen LogP contribution in [-0.4, -0.2) is 19.2 Å². The fraction of sp³-hybridized carbons (Fsp3) is 0.188. The molecule has 0 fully saturated rings. The Morgan fingerprint density at radius 3 is 2.30 bits per heavy atom. The van der Waals surface area contributed by atoms with E-state index in [4.69, 9.17) is 9.47 Å². The zero-order chi connectivity index (χ0) is 14.4. The zero-order valence-corrected chi connectivity index (χ0v) is 11.4. The molecule has 0 N–H and O–H groups in total. The number of hydrogen-bond acceptors (Lipinski definition) is 4. The van der Waals surface area contributed by atoms with Gasteiger partial charge in [0.25, 0.3) is 0 Å². The zero-order valence-electron chi connectivity index (χ0n) is 11.4. The molecule has 0 bridgehead atoms. The lowest BCUT2D eigenvalue weighted by Gasteiger charge is -2.13. The highest BCUT2D eigenvalue weighted by Gasteiger charge is 2.14. The van der Waals surface area contributed by atoms with Crippen LogP contribution in [0.25, 0.3) is 0 Å². The molecule has 0 radical (unpaired) electrons. The predicted octanol–water partition coefficient (Wildman–Crippen LogP) is 3.42. The summed E-state index contributed by atoms with van der Waals surface area (Å²) in [5.74, 6) is 1.52. The van der Waals surface area contributed by atoms with Crippen molar-refractivity contribution in [1.29, 1.82) is 0 Å². The fourth-order valence-electron chi connectivity index (χ4n) is 1.65. The van der Waals surface area contributed by atoms with Gasteiger partial charge in [-0.1, -0.05) is 24.3 Å². The first-order valence-corrected chi connectivity index (χ1v) is 6.26. The number of ether oxygens (including phenoxy) is 3. The van der Waals surface area contributed by atoms with Gasteiger partial charge in [-0.3, -0.25) is 0 Å². The largest absolute Gasteiger partial charge is 0.479 e. The first-order valence-electron chi connectivity index (χ1n) is 6.26. The minimum absolute atomic E-state index is 0.417. The second-order valence-corrected chi connectivity index (χ2v) is 4.17. The monoisotopic (exact) mass is 272 g/mol. The molecule has 2 aromatic carbocycles. The predicted molar refractivity (Wildman–Crippen MR) is 75.1 cm³/mol. The second kappa shape index (κ2) is 6.61. The van der Waals surface area contributed by atoms with Crippen molar-refractivity contribution in [2.75, 3.05) is 7.11 Å². The average Bonchev–Trinajstić information content (AvgIpc) is 2.47. The Bertz CT molecular complexity index is 566. The highest BCUT2D eigenvalue weighted by Crippen LogP contribution is 2.25. The van der Waals surface area contributed by atoms with Crippen LogP contribution in [0.5, 0.6) is 17.2 Å². The van der Waals surface area contributed by atoms with Crippen molar-refractivity contribution < 1.29 is 19.0 Å². The van der Waals surface area contributed by atoms with E-state index in [-0.39, 0.29) is 0 Å². The van der Waals surface area contributed by atoms with Gasteiger partial charge in [0.2, 0.25) is 0 Å². The number of carbonyl (C=O) groups excluding carboxylic acids is 1. The van der Waals surface area contributed by atoms with Crippen molar-refractivity contribution in [3.63, 3.8) is 0 Å².